The Labute approximate surface area is 587 Å². The molecule has 0 bridgehead atoms. The molecule has 99 heavy (non-hydrogen) atoms. The minimum atomic E-state index is -0.508. The average molecular weight is 1380 g/mol. The smallest absolute Gasteiger partial charge is 0.238 e. The molecule has 1 amide bonds. The Balaban J connectivity index is 0.000000136. The minimum absolute atomic E-state index is 0.0243. The molecule has 0 radical (unpaired) electrons. The maximum Gasteiger partial charge on any atom is 0.238 e. The van der Waals surface area contributed by atoms with Gasteiger partial charge in [-0.25, -0.2) is 24.3 Å². The zero-order chi connectivity index (χ0) is 69.6. The van der Waals surface area contributed by atoms with E-state index in [1.54, 1.807) is 62.1 Å². The lowest BCUT2D eigenvalue weighted by molar-refractivity contribution is -0.133. The summed E-state index contributed by atoms with van der Waals surface area (Å²) in [5, 5.41) is 7.12. The van der Waals surface area contributed by atoms with Crippen molar-refractivity contribution < 1.29 is 23.6 Å². The van der Waals surface area contributed by atoms with Crippen LogP contribution in [0.15, 0.2) is 251 Å². The molecule has 2 aliphatic rings. The van der Waals surface area contributed by atoms with Gasteiger partial charge in [-0.15, -0.1) is 23.2 Å². The minimum Gasteiger partial charge on any atom is -0.361 e. The molecule has 0 saturated heterocycles. The summed E-state index contributed by atoms with van der Waals surface area (Å²) in [4.78, 5) is 73.6. The normalized spacial score (nSPS) is 15.2. The van der Waals surface area contributed by atoms with E-state index in [2.05, 4.69) is 168 Å². The van der Waals surface area contributed by atoms with Gasteiger partial charge in [0.15, 0.2) is 0 Å². The van der Waals surface area contributed by atoms with Gasteiger partial charge < -0.3 is 49.6 Å². The van der Waals surface area contributed by atoms with Crippen LogP contribution in [0.3, 0.4) is 0 Å². The van der Waals surface area contributed by atoms with Crippen molar-refractivity contribution in [1.82, 2.24) is 63.8 Å². The first-order chi connectivity index (χ1) is 48.2. The van der Waals surface area contributed by atoms with Crippen LogP contribution in [0.2, 0.25) is 0 Å². The maximum atomic E-state index is 12.8. The van der Waals surface area contributed by atoms with Gasteiger partial charge in [0.2, 0.25) is 11.1 Å². The summed E-state index contributed by atoms with van der Waals surface area (Å²) in [6.07, 6.45) is 27.8. The first-order valence-electron chi connectivity index (χ1n) is 31.9. The molecule has 22 heteroatoms. The summed E-state index contributed by atoms with van der Waals surface area (Å²) in [5.41, 5.74) is 22.4. The molecule has 0 spiro atoms. The molecule has 7 aromatic heterocycles. The summed E-state index contributed by atoms with van der Waals surface area (Å²) in [7, 11) is 0. The number of hydrogen-bond donors (Lipinski definition) is 6. The summed E-state index contributed by atoms with van der Waals surface area (Å²) < 4.78 is 18.0. The number of fused-ring (bicyclic) bond motifs is 7. The third-order valence-electron chi connectivity index (χ3n) is 16.5. The Kier molecular flexibility index (Phi) is 25.0. The second-order valence-electron chi connectivity index (χ2n) is 23.5. The highest BCUT2D eigenvalue weighted by Crippen LogP contribution is 2.41. The van der Waals surface area contributed by atoms with E-state index < -0.39 is 5.24 Å². The molecule has 9 heterocycles. The van der Waals surface area contributed by atoms with Gasteiger partial charge in [-0.2, -0.15) is 0 Å². The molecular formula is C77H74Cl3FN14O4. The van der Waals surface area contributed by atoms with E-state index in [1.807, 2.05) is 80.9 Å². The van der Waals surface area contributed by atoms with E-state index in [4.69, 9.17) is 40.5 Å². The quantitative estimate of drug-likeness (QED) is 0.0407. The fourth-order valence-corrected chi connectivity index (χ4v) is 12.1. The first kappa shape index (κ1) is 71.0. The number of alkyl halides is 2. The van der Waals surface area contributed by atoms with Crippen molar-refractivity contribution >= 4 is 91.2 Å². The first-order valence-corrected chi connectivity index (χ1v) is 33.4. The van der Waals surface area contributed by atoms with Crippen molar-refractivity contribution in [1.29, 1.82) is 0 Å². The monoisotopic (exact) mass is 1380 g/mol. The molecule has 18 nitrogen and oxygen atoms in total. The van der Waals surface area contributed by atoms with Gasteiger partial charge in [0.05, 0.1) is 43.3 Å². The van der Waals surface area contributed by atoms with Crippen LogP contribution in [0.25, 0.3) is 49.8 Å². The van der Waals surface area contributed by atoms with Crippen molar-refractivity contribution in [2.45, 2.75) is 70.2 Å². The van der Waals surface area contributed by atoms with Gasteiger partial charge in [-0.3, -0.25) is 19.2 Å². The Hall–Kier alpha value is -10.8. The van der Waals surface area contributed by atoms with E-state index in [1.165, 1.54) is 79.4 Å². The summed E-state index contributed by atoms with van der Waals surface area (Å²) in [5.74, 6) is -0.488. The Morgan fingerprint density at radius 2 is 1.07 bits per heavy atom. The average Bonchev–Trinajstić information content (AvgIpc) is 1.65. The zero-order valence-corrected chi connectivity index (χ0v) is 56.8. The number of aldehydes is 2. The molecule has 2 unspecified atom stereocenters. The van der Waals surface area contributed by atoms with Gasteiger partial charge in [0.25, 0.3) is 0 Å². The van der Waals surface area contributed by atoms with E-state index in [-0.39, 0.29) is 47.7 Å². The van der Waals surface area contributed by atoms with Gasteiger partial charge >= 0.3 is 0 Å². The number of amides is 1. The predicted molar refractivity (Wildman–Crippen MR) is 391 cm³/mol. The van der Waals surface area contributed by atoms with Crippen molar-refractivity contribution in [3.8, 4) is 17.1 Å². The van der Waals surface area contributed by atoms with Crippen LogP contribution in [-0.2, 0) is 28.9 Å². The molecule has 7 aromatic carbocycles. The highest BCUT2D eigenvalue weighted by atomic mass is 35.5. The number of imidazole rings is 4. The number of aromatic amines is 4. The third-order valence-corrected chi connectivity index (χ3v) is 17.2. The van der Waals surface area contributed by atoms with Crippen molar-refractivity contribution in [3.63, 3.8) is 0 Å². The van der Waals surface area contributed by atoms with E-state index in [9.17, 15) is 23.6 Å². The van der Waals surface area contributed by atoms with Crippen molar-refractivity contribution in [2.24, 2.45) is 5.73 Å². The van der Waals surface area contributed by atoms with Gasteiger partial charge in [0.1, 0.15) is 24.3 Å². The van der Waals surface area contributed by atoms with Crippen LogP contribution in [-0.4, -0.2) is 112 Å². The number of carbonyl (C=O) groups excluding carboxylic acids is 4. The van der Waals surface area contributed by atoms with Crippen LogP contribution in [0.5, 0.6) is 0 Å². The van der Waals surface area contributed by atoms with Crippen molar-refractivity contribution in [3.05, 3.63) is 307 Å². The highest BCUT2D eigenvalue weighted by Gasteiger charge is 2.38. The summed E-state index contributed by atoms with van der Waals surface area (Å²) in [6.45, 7) is 6.39. The van der Waals surface area contributed by atoms with Crippen LogP contribution in [0.1, 0.15) is 92.8 Å². The molecule has 0 saturated carbocycles. The lowest BCUT2D eigenvalue weighted by atomic mass is 9.88. The Bertz CT molecular complexity index is 4770. The topological polar surface area (TPSA) is 239 Å². The van der Waals surface area contributed by atoms with E-state index in [0.29, 0.717) is 23.5 Å². The number of rotatable bonds is 11. The van der Waals surface area contributed by atoms with Crippen LogP contribution < -0.4 is 11.1 Å². The number of carbonyl (C=O) groups is 4. The Morgan fingerprint density at radius 3 is 1.53 bits per heavy atom. The number of benzene rings is 7. The second-order valence-corrected chi connectivity index (χ2v) is 24.4. The molecule has 5 atom stereocenters. The highest BCUT2D eigenvalue weighted by molar-refractivity contribution is 6.67. The second kappa shape index (κ2) is 34.9. The third kappa shape index (κ3) is 18.5. The van der Waals surface area contributed by atoms with Crippen molar-refractivity contribution in [2.75, 3.05) is 11.8 Å². The molecule has 7 N–H and O–H groups in total. The molecular weight excluding hydrogens is 1310 g/mol. The largest absolute Gasteiger partial charge is 0.361 e. The fraction of sp³-hybridized carbons (Fsp3) is 0.169. The fourth-order valence-electron chi connectivity index (χ4n) is 12.0. The molecule has 2 aliphatic heterocycles. The number of para-hydroxylation sites is 3. The van der Waals surface area contributed by atoms with Crippen LogP contribution in [0, 0.1) is 5.82 Å². The summed E-state index contributed by atoms with van der Waals surface area (Å²) >= 11 is 15.5. The van der Waals surface area contributed by atoms with E-state index >= 15 is 0 Å². The van der Waals surface area contributed by atoms with Crippen LogP contribution >= 0.6 is 34.8 Å². The number of nitrogens with two attached hydrogens (primary N) is 1. The number of nitrogens with zero attached hydrogens (tertiary/aromatic N) is 8. The predicted octanol–water partition coefficient (Wildman–Crippen LogP) is 15.2. The number of halogens is 4. The standard InChI is InChI=1S/C23H21ClN4O.C21H20N4.C11H14N2.C10H8N2O.C7H5FO.C3H4N2.C2H2Cl2O/c1-15-12-19-18-4-2-3-5-20(18)26-22(19)23(28(15)21(29)13-24)16-6-8-17(9-7-16)27-11-10-25-14-27;1-14-12-18-17-4-2-3-5-19(17)24-21(18)20(23-14)15-6-8-16(9-7-15)25-11-10-22-13-25;1-8(12)6-9-7-13-11-5-3-2-4-10(9)11;13-7-9-1-3-10(4-2-9)12-6-5-11-8-12;8-7-3-1-6(5-9)2-4-7;1-2-5-3-4-1;3-1-2(4)5/h2-11,14-15,23,26H,12-13H2,1H3;2-11,13-14,20,23-24H,12H2,1H3;2-5,7-8,13H,6,12H2,1H3;1-8H;1-5H;1-3H,(H,4,5);1H2/t15-,23?;14-,20?;8-;;;;/m000..../s1. The lowest BCUT2D eigenvalue weighted by Gasteiger charge is -2.40. The lowest BCUT2D eigenvalue weighted by Crippen LogP contribution is -2.46. The molecule has 0 fully saturated rings. The SMILES string of the molecule is C[C@H](N)Cc1c[nH]c2ccccc12.C[C@H]1Cc2c([nH]c3ccccc23)C(c2ccc(-n3ccnc3)cc2)N1.C[C@H]1Cc2c([nH]c3ccccc23)C(c2ccc(-n3ccnc3)cc2)N1C(=O)CCl.O=C(Cl)CCl.O=Cc1ccc(-n2ccnc2)cc1.O=Cc1ccc(F)cc1.c1c[nH]cn1. The molecule has 16 rings (SSSR count). The maximum absolute atomic E-state index is 12.8. The number of hydrogen-bond acceptors (Lipinski definition) is 10. The van der Waals surface area contributed by atoms with Gasteiger partial charge in [0, 0.05) is 146 Å². The molecule has 504 valence electrons. The number of aromatic nitrogens is 11. The van der Waals surface area contributed by atoms with Crippen LogP contribution in [0.4, 0.5) is 4.39 Å². The molecule has 0 aliphatic carbocycles. The molecule has 14 aromatic rings. The van der Waals surface area contributed by atoms with Gasteiger partial charge in [-0.1, -0.05) is 78.9 Å². The Morgan fingerprint density at radius 1 is 0.596 bits per heavy atom. The number of H-pyrrole nitrogens is 4. The summed E-state index contributed by atoms with van der Waals surface area (Å²) in [6, 6.07) is 55.7. The van der Waals surface area contributed by atoms with Gasteiger partial charge in [-0.05, 0) is 170 Å². The van der Waals surface area contributed by atoms with E-state index in [0.717, 1.165) is 59.4 Å². The number of nitrogens with one attached hydrogen (secondary N) is 5. The zero-order valence-electron chi connectivity index (χ0n) is 54.5.